The van der Waals surface area contributed by atoms with Crippen LogP contribution < -0.4 is 10.4 Å². The van der Waals surface area contributed by atoms with Crippen molar-refractivity contribution in [1.29, 1.82) is 0 Å². The predicted octanol–water partition coefficient (Wildman–Crippen LogP) is 5.10. The molecule has 0 fully saturated rings. The molecule has 3 aromatic rings. The lowest BCUT2D eigenvalue weighted by molar-refractivity contribution is -0.0631. The molecular formula is C25H30IN3O4. The second kappa shape index (κ2) is 12.3. The Hall–Kier alpha value is -2.24. The molecule has 0 aliphatic carbocycles. The first-order chi connectivity index (χ1) is 16.0. The third-order valence-corrected chi connectivity index (χ3v) is 6.13. The third-order valence-electron chi connectivity index (χ3n) is 5.69. The number of hydrogen-bond donors (Lipinski definition) is 2. The van der Waals surface area contributed by atoms with Crippen molar-refractivity contribution in [2.45, 2.75) is 33.4 Å². The van der Waals surface area contributed by atoms with Gasteiger partial charge in [-0.25, -0.2) is 5.48 Å². The summed E-state index contributed by atoms with van der Waals surface area (Å²) < 4.78 is 11.5. The summed E-state index contributed by atoms with van der Waals surface area (Å²) in [5, 5.41) is 11.1. The van der Waals surface area contributed by atoms with Gasteiger partial charge in [-0.3, -0.25) is 18.0 Å². The molecule has 176 valence electrons. The molecule has 0 radical (unpaired) electrons. The minimum atomic E-state index is -0.615. The summed E-state index contributed by atoms with van der Waals surface area (Å²) in [6, 6.07) is 19.7. The van der Waals surface area contributed by atoms with E-state index in [0.29, 0.717) is 12.2 Å². The van der Waals surface area contributed by atoms with Gasteiger partial charge in [-0.15, -0.1) is 0 Å². The minimum Gasteiger partial charge on any atom is -0.330 e. The van der Waals surface area contributed by atoms with E-state index >= 15 is 0 Å². The molecule has 0 bridgehead atoms. The van der Waals surface area contributed by atoms with Crippen molar-refractivity contribution < 1.29 is 17.8 Å². The quantitative estimate of drug-likeness (QED) is 0.146. The van der Waals surface area contributed by atoms with E-state index in [2.05, 4.69) is 55.1 Å². The molecule has 3 aromatic carbocycles. The molecular weight excluding hydrogens is 533 g/mol. The lowest BCUT2D eigenvalue weighted by Crippen LogP contribution is -2.34. The monoisotopic (exact) mass is 563 g/mol. The van der Waals surface area contributed by atoms with Crippen molar-refractivity contribution in [3.8, 4) is 0 Å². The van der Waals surface area contributed by atoms with E-state index in [4.69, 9.17) is 13.0 Å². The lowest BCUT2D eigenvalue weighted by atomic mass is 10.0. The molecule has 7 nitrogen and oxygen atoms in total. The van der Waals surface area contributed by atoms with E-state index in [1.165, 1.54) is 16.3 Å². The topological polar surface area (TPSA) is 74.3 Å². The van der Waals surface area contributed by atoms with Crippen molar-refractivity contribution >= 4 is 45.4 Å². The Kier molecular flexibility index (Phi) is 9.45. The molecule has 1 amide bonds. The van der Waals surface area contributed by atoms with Crippen LogP contribution in [0.2, 0.25) is 0 Å². The summed E-state index contributed by atoms with van der Waals surface area (Å²) in [4.78, 5) is 15.7. The number of halogens is 1. The first-order valence-corrected chi connectivity index (χ1v) is 11.8. The van der Waals surface area contributed by atoms with Crippen LogP contribution in [0.5, 0.6) is 0 Å². The predicted molar refractivity (Wildman–Crippen MR) is 138 cm³/mol. The number of carbonyl (C=O) groups excluding carboxylic acids is 1. The summed E-state index contributed by atoms with van der Waals surface area (Å²) in [5.41, 5.74) is 5.17. The molecule has 1 atom stereocenters. The SMILES string of the molecule is CCN(CC)Cc1ccc2cc(COC(OI)N(C)c3ccc(C(=O)NO)cc3)ccc2c1. The fraction of sp³-hybridized carbons (Fsp3) is 0.320. The van der Waals surface area contributed by atoms with E-state index in [9.17, 15) is 4.79 Å². The normalized spacial score (nSPS) is 12.2. The van der Waals surface area contributed by atoms with Gasteiger partial charge >= 0.3 is 0 Å². The summed E-state index contributed by atoms with van der Waals surface area (Å²) in [5.74, 6) is -0.557. The van der Waals surface area contributed by atoms with Crippen molar-refractivity contribution in [3.63, 3.8) is 0 Å². The van der Waals surface area contributed by atoms with Gasteiger partial charge in [0, 0.05) is 24.8 Å². The van der Waals surface area contributed by atoms with Gasteiger partial charge in [0.15, 0.2) is 0 Å². The van der Waals surface area contributed by atoms with Crippen LogP contribution in [0.15, 0.2) is 60.7 Å². The number of anilines is 1. The smallest absolute Gasteiger partial charge is 0.274 e. The Morgan fingerprint density at radius 2 is 1.61 bits per heavy atom. The molecule has 1 unspecified atom stereocenters. The molecule has 2 N–H and O–H groups in total. The van der Waals surface area contributed by atoms with E-state index in [0.717, 1.165) is 30.9 Å². The third kappa shape index (κ3) is 6.64. The number of nitrogens with zero attached hydrogens (tertiary/aromatic N) is 2. The number of carbonyl (C=O) groups is 1. The van der Waals surface area contributed by atoms with E-state index in [1.54, 1.807) is 29.7 Å². The Balaban J connectivity index is 1.65. The molecule has 0 aliphatic rings. The molecule has 3 rings (SSSR count). The maximum atomic E-state index is 11.5. The zero-order chi connectivity index (χ0) is 23.8. The van der Waals surface area contributed by atoms with Crippen LogP contribution >= 0.6 is 23.0 Å². The zero-order valence-corrected chi connectivity index (χ0v) is 21.3. The van der Waals surface area contributed by atoms with Gasteiger partial charge in [-0.1, -0.05) is 38.1 Å². The number of hydrogen-bond acceptors (Lipinski definition) is 6. The molecule has 8 heteroatoms. The van der Waals surface area contributed by atoms with Crippen LogP contribution in [-0.4, -0.2) is 42.6 Å². The van der Waals surface area contributed by atoms with Crippen LogP contribution in [0.4, 0.5) is 5.69 Å². The second-order valence-corrected chi connectivity index (χ2v) is 8.29. The first kappa shape index (κ1) is 25.4. The highest BCUT2D eigenvalue weighted by Gasteiger charge is 2.17. The molecule has 33 heavy (non-hydrogen) atoms. The molecule has 0 saturated carbocycles. The summed E-state index contributed by atoms with van der Waals surface area (Å²) in [6.45, 7) is 7.81. The maximum absolute atomic E-state index is 11.5. The van der Waals surface area contributed by atoms with Crippen LogP contribution in [0, 0.1) is 0 Å². The van der Waals surface area contributed by atoms with Gasteiger partial charge in [-0.2, -0.15) is 0 Å². The number of fused-ring (bicyclic) bond motifs is 1. The Bertz CT molecular complexity index is 1060. The average molecular weight is 563 g/mol. The van der Waals surface area contributed by atoms with Crippen molar-refractivity contribution in [2.24, 2.45) is 0 Å². The van der Waals surface area contributed by atoms with E-state index in [-0.39, 0.29) is 0 Å². The molecule has 0 heterocycles. The minimum absolute atomic E-state index is 0.360. The standard InChI is InChI=1S/C25H30IN3O4/c1-4-29(5-2)16-18-6-8-22-15-19(7-9-21(22)14-18)17-32-25(33-26)28(3)23-12-10-20(11-13-23)24(30)27-31/h6-15,25,31H,4-5,16-17H2,1-3H3,(H,27,30). The Labute approximate surface area is 208 Å². The molecule has 0 aliphatic heterocycles. The number of benzene rings is 3. The van der Waals surface area contributed by atoms with Gasteiger partial charge in [0.1, 0.15) is 23.0 Å². The highest BCUT2D eigenvalue weighted by Crippen LogP contribution is 2.22. The number of amides is 1. The number of rotatable bonds is 11. The van der Waals surface area contributed by atoms with Crippen LogP contribution in [0.1, 0.15) is 35.3 Å². The fourth-order valence-corrected chi connectivity index (χ4v) is 4.13. The van der Waals surface area contributed by atoms with Crippen LogP contribution in [0.3, 0.4) is 0 Å². The van der Waals surface area contributed by atoms with Gasteiger partial charge < -0.3 is 9.64 Å². The van der Waals surface area contributed by atoms with Gasteiger partial charge in [0.2, 0.25) is 6.41 Å². The van der Waals surface area contributed by atoms with Gasteiger partial charge in [-0.05, 0) is 71.4 Å². The fourth-order valence-electron chi connectivity index (χ4n) is 3.64. The number of nitrogens with one attached hydrogen (secondary N) is 1. The van der Waals surface area contributed by atoms with Crippen molar-refractivity contribution in [1.82, 2.24) is 10.4 Å². The van der Waals surface area contributed by atoms with Crippen LogP contribution in [0.25, 0.3) is 10.8 Å². The molecule has 0 spiro atoms. The lowest BCUT2D eigenvalue weighted by Gasteiger charge is -2.27. The summed E-state index contributed by atoms with van der Waals surface area (Å²) in [6.07, 6.45) is -0.615. The Morgan fingerprint density at radius 1 is 1.00 bits per heavy atom. The highest BCUT2D eigenvalue weighted by atomic mass is 127. The molecule has 0 aromatic heterocycles. The number of ether oxygens (including phenoxy) is 1. The highest BCUT2D eigenvalue weighted by molar-refractivity contribution is 14.1. The second-order valence-electron chi connectivity index (χ2n) is 7.78. The number of hydroxylamine groups is 1. The Morgan fingerprint density at radius 3 is 2.18 bits per heavy atom. The van der Waals surface area contributed by atoms with Crippen molar-refractivity contribution in [3.05, 3.63) is 77.4 Å². The zero-order valence-electron chi connectivity index (χ0n) is 19.1. The van der Waals surface area contributed by atoms with Gasteiger partial charge in [0.05, 0.1) is 6.61 Å². The summed E-state index contributed by atoms with van der Waals surface area (Å²) >= 11 is 1.82. The van der Waals surface area contributed by atoms with Crippen molar-refractivity contribution in [2.75, 3.05) is 25.0 Å². The largest absolute Gasteiger partial charge is 0.330 e. The van der Waals surface area contributed by atoms with E-state index in [1.807, 2.05) is 35.0 Å². The summed E-state index contributed by atoms with van der Waals surface area (Å²) in [7, 11) is 1.85. The van der Waals surface area contributed by atoms with E-state index < -0.39 is 12.3 Å². The van der Waals surface area contributed by atoms with Gasteiger partial charge in [0.25, 0.3) is 5.91 Å². The van der Waals surface area contributed by atoms with Crippen LogP contribution in [-0.2, 0) is 21.0 Å². The first-order valence-electron chi connectivity index (χ1n) is 10.9. The maximum Gasteiger partial charge on any atom is 0.274 e. The average Bonchev–Trinajstić information content (AvgIpc) is 2.86. The molecule has 0 saturated heterocycles.